The van der Waals surface area contributed by atoms with Gasteiger partial charge in [-0.15, -0.1) is 0 Å². The third-order valence-corrected chi connectivity index (χ3v) is 3.76. The molecule has 130 valence electrons. The van der Waals surface area contributed by atoms with Crippen molar-refractivity contribution in [3.63, 3.8) is 0 Å². The molecule has 0 bridgehead atoms. The second-order valence-electron chi connectivity index (χ2n) is 5.44. The highest BCUT2D eigenvalue weighted by molar-refractivity contribution is 6.03. The zero-order valence-corrected chi connectivity index (χ0v) is 13.3. The van der Waals surface area contributed by atoms with E-state index in [0.29, 0.717) is 22.9 Å². The van der Waals surface area contributed by atoms with E-state index in [1.807, 2.05) is 0 Å². The molecule has 0 fully saturated rings. The van der Waals surface area contributed by atoms with E-state index in [9.17, 15) is 14.9 Å². The summed E-state index contributed by atoms with van der Waals surface area (Å²) in [5.74, 6) is 0.774. The normalized spacial score (nSPS) is 12.0. The first-order valence-electron chi connectivity index (χ1n) is 7.62. The summed E-state index contributed by atoms with van der Waals surface area (Å²) in [5, 5.41) is 17.8. The monoisotopic (exact) mass is 352 g/mol. The number of rotatable bonds is 4. The van der Waals surface area contributed by atoms with Gasteiger partial charge in [-0.2, -0.15) is 5.10 Å². The molecule has 2 heterocycles. The van der Waals surface area contributed by atoms with Gasteiger partial charge in [0.05, 0.1) is 10.6 Å². The van der Waals surface area contributed by atoms with Crippen LogP contribution >= 0.6 is 0 Å². The maximum atomic E-state index is 12.4. The minimum absolute atomic E-state index is 0.0515. The summed E-state index contributed by atoms with van der Waals surface area (Å²) in [4.78, 5) is 22.8. The molecule has 0 aliphatic carbocycles. The van der Waals surface area contributed by atoms with Crippen LogP contribution in [-0.2, 0) is 0 Å². The van der Waals surface area contributed by atoms with Gasteiger partial charge >= 0.3 is 0 Å². The van der Waals surface area contributed by atoms with Crippen LogP contribution in [0.15, 0.2) is 54.7 Å². The van der Waals surface area contributed by atoms with Gasteiger partial charge < -0.3 is 14.8 Å². The second kappa shape index (κ2) is 6.20. The van der Waals surface area contributed by atoms with Crippen molar-refractivity contribution in [2.45, 2.75) is 0 Å². The van der Waals surface area contributed by atoms with Crippen LogP contribution in [0.1, 0.15) is 10.5 Å². The van der Waals surface area contributed by atoms with Gasteiger partial charge in [-0.3, -0.25) is 14.9 Å². The summed E-state index contributed by atoms with van der Waals surface area (Å²) in [6.07, 6.45) is 1.56. The molecule has 9 heteroatoms. The van der Waals surface area contributed by atoms with E-state index in [2.05, 4.69) is 10.4 Å². The minimum atomic E-state index is -0.486. The molecule has 1 N–H and O–H groups in total. The Morgan fingerprint density at radius 1 is 1.15 bits per heavy atom. The second-order valence-corrected chi connectivity index (χ2v) is 5.44. The highest BCUT2D eigenvalue weighted by Gasteiger charge is 2.16. The molecule has 1 amide bonds. The van der Waals surface area contributed by atoms with E-state index in [0.717, 1.165) is 0 Å². The third kappa shape index (κ3) is 2.93. The number of carbonyl (C=O) groups excluding carboxylic acids is 1. The van der Waals surface area contributed by atoms with Gasteiger partial charge in [0.15, 0.2) is 17.2 Å². The first kappa shape index (κ1) is 15.6. The number of anilines is 1. The quantitative estimate of drug-likeness (QED) is 0.571. The van der Waals surface area contributed by atoms with Crippen LogP contribution in [0, 0.1) is 10.1 Å². The summed E-state index contributed by atoms with van der Waals surface area (Å²) in [6.45, 7) is 0.153. The summed E-state index contributed by atoms with van der Waals surface area (Å²) < 4.78 is 11.9. The van der Waals surface area contributed by atoms with Crippen molar-refractivity contribution in [3.05, 3.63) is 70.5 Å². The highest BCUT2D eigenvalue weighted by Crippen LogP contribution is 2.34. The molecule has 0 radical (unpaired) electrons. The molecule has 3 aromatic rings. The SMILES string of the molecule is O=C(Nc1ccc2c(c1)OCO2)c1ccn(-c2cccc([N+](=O)[O-])c2)n1. The fourth-order valence-electron chi connectivity index (χ4n) is 2.51. The molecule has 2 aromatic carbocycles. The number of nitro benzene ring substituents is 1. The lowest BCUT2D eigenvalue weighted by molar-refractivity contribution is -0.384. The lowest BCUT2D eigenvalue weighted by Gasteiger charge is -2.04. The van der Waals surface area contributed by atoms with E-state index in [4.69, 9.17) is 9.47 Å². The number of nitrogens with zero attached hydrogens (tertiary/aromatic N) is 3. The molecule has 4 rings (SSSR count). The lowest BCUT2D eigenvalue weighted by Crippen LogP contribution is -2.13. The van der Waals surface area contributed by atoms with Crippen LogP contribution < -0.4 is 14.8 Å². The number of fused-ring (bicyclic) bond motifs is 1. The van der Waals surface area contributed by atoms with E-state index in [1.165, 1.54) is 22.9 Å². The topological polar surface area (TPSA) is 109 Å². The van der Waals surface area contributed by atoms with Gasteiger partial charge in [-0.1, -0.05) is 6.07 Å². The van der Waals surface area contributed by atoms with Gasteiger partial charge in [-0.25, -0.2) is 4.68 Å². The number of nitrogens with one attached hydrogen (secondary N) is 1. The maximum Gasteiger partial charge on any atom is 0.276 e. The molecule has 0 saturated heterocycles. The number of aromatic nitrogens is 2. The average molecular weight is 352 g/mol. The fraction of sp³-hybridized carbons (Fsp3) is 0.0588. The van der Waals surface area contributed by atoms with E-state index in [-0.39, 0.29) is 18.2 Å². The molecule has 1 aromatic heterocycles. The molecule has 1 aliphatic heterocycles. The van der Waals surface area contributed by atoms with E-state index in [1.54, 1.807) is 36.5 Å². The van der Waals surface area contributed by atoms with Crippen LogP contribution in [0.25, 0.3) is 5.69 Å². The van der Waals surface area contributed by atoms with Gasteiger partial charge in [0, 0.05) is 30.1 Å². The highest BCUT2D eigenvalue weighted by atomic mass is 16.7. The summed E-state index contributed by atoms with van der Waals surface area (Å²) in [6, 6.07) is 12.6. The number of benzene rings is 2. The molecule has 0 spiro atoms. The molecular formula is C17H12N4O5. The van der Waals surface area contributed by atoms with Crippen molar-refractivity contribution >= 4 is 17.3 Å². The number of amides is 1. The van der Waals surface area contributed by atoms with Gasteiger partial charge in [0.1, 0.15) is 0 Å². The maximum absolute atomic E-state index is 12.4. The summed E-state index contributed by atoms with van der Waals surface area (Å²) in [5.41, 5.74) is 1.16. The van der Waals surface area contributed by atoms with Crippen LogP contribution in [0.2, 0.25) is 0 Å². The molecule has 26 heavy (non-hydrogen) atoms. The van der Waals surface area contributed by atoms with Crippen LogP contribution in [0.4, 0.5) is 11.4 Å². The Bertz CT molecular complexity index is 1010. The first-order chi connectivity index (χ1) is 12.6. The molecule has 9 nitrogen and oxygen atoms in total. The standard InChI is InChI=1S/C17H12N4O5/c22-17(18-11-4-5-15-16(8-11)26-10-25-15)14-6-7-20(19-14)12-2-1-3-13(9-12)21(23)24/h1-9H,10H2,(H,18,22). The van der Waals surface area contributed by atoms with Crippen LogP contribution in [-0.4, -0.2) is 27.4 Å². The Hall–Kier alpha value is -3.88. The Labute approximate surface area is 146 Å². The summed E-state index contributed by atoms with van der Waals surface area (Å²) in [7, 11) is 0. The summed E-state index contributed by atoms with van der Waals surface area (Å²) >= 11 is 0. The van der Waals surface area contributed by atoms with Crippen molar-refractivity contribution in [1.82, 2.24) is 9.78 Å². The van der Waals surface area contributed by atoms with Gasteiger partial charge in [0.25, 0.3) is 11.6 Å². The third-order valence-electron chi connectivity index (χ3n) is 3.76. The van der Waals surface area contributed by atoms with Crippen molar-refractivity contribution in [1.29, 1.82) is 0 Å². The lowest BCUT2D eigenvalue weighted by atomic mass is 10.2. The number of hydrogen-bond acceptors (Lipinski definition) is 6. The Morgan fingerprint density at radius 2 is 2.00 bits per heavy atom. The molecule has 0 atom stereocenters. The molecule has 0 unspecified atom stereocenters. The van der Waals surface area contributed by atoms with Crippen molar-refractivity contribution in [2.24, 2.45) is 0 Å². The van der Waals surface area contributed by atoms with Gasteiger partial charge in [0.2, 0.25) is 6.79 Å². The predicted molar refractivity (Wildman–Crippen MR) is 90.7 cm³/mol. The Balaban J connectivity index is 1.53. The zero-order valence-electron chi connectivity index (χ0n) is 13.3. The molecular weight excluding hydrogens is 340 g/mol. The fourth-order valence-corrected chi connectivity index (χ4v) is 2.51. The largest absolute Gasteiger partial charge is 0.454 e. The number of nitro groups is 1. The number of non-ortho nitro benzene ring substituents is 1. The molecule has 1 aliphatic rings. The zero-order chi connectivity index (χ0) is 18.1. The van der Waals surface area contributed by atoms with Crippen LogP contribution in [0.5, 0.6) is 11.5 Å². The number of hydrogen-bond donors (Lipinski definition) is 1. The minimum Gasteiger partial charge on any atom is -0.454 e. The average Bonchev–Trinajstić information content (AvgIpc) is 3.31. The first-order valence-corrected chi connectivity index (χ1v) is 7.62. The smallest absolute Gasteiger partial charge is 0.276 e. The van der Waals surface area contributed by atoms with E-state index >= 15 is 0 Å². The number of ether oxygens (including phenoxy) is 2. The predicted octanol–water partition coefficient (Wildman–Crippen LogP) is 2.76. The van der Waals surface area contributed by atoms with Crippen molar-refractivity contribution in [2.75, 3.05) is 12.1 Å². The van der Waals surface area contributed by atoms with Crippen LogP contribution in [0.3, 0.4) is 0 Å². The molecule has 0 saturated carbocycles. The Morgan fingerprint density at radius 3 is 2.85 bits per heavy atom. The van der Waals surface area contributed by atoms with Crippen molar-refractivity contribution < 1.29 is 19.2 Å². The van der Waals surface area contributed by atoms with E-state index < -0.39 is 10.8 Å². The number of carbonyl (C=O) groups is 1. The van der Waals surface area contributed by atoms with Crippen molar-refractivity contribution in [3.8, 4) is 17.2 Å². The van der Waals surface area contributed by atoms with Gasteiger partial charge in [-0.05, 0) is 24.3 Å². The Kier molecular flexibility index (Phi) is 3.73.